The quantitative estimate of drug-likeness (QED) is 0.210. The number of nitrogens with zero attached hydrogens (tertiary/aromatic N) is 2. The smallest absolute Gasteiger partial charge is 0.242 e. The molecular formula is C30H44N2O6. The highest BCUT2D eigenvalue weighted by atomic mass is 16.7. The molecule has 2 amide bonds. The number of unbranched alkanes of at least 4 members (excludes halogenated alkanes) is 6. The zero-order chi connectivity index (χ0) is 27.0. The van der Waals surface area contributed by atoms with Gasteiger partial charge in [0.15, 0.2) is 11.5 Å². The third-order valence-corrected chi connectivity index (χ3v) is 6.68. The van der Waals surface area contributed by atoms with Crippen LogP contribution in [0.1, 0.15) is 83.0 Å². The van der Waals surface area contributed by atoms with Crippen molar-refractivity contribution in [1.82, 2.24) is 9.80 Å². The van der Waals surface area contributed by atoms with Crippen molar-refractivity contribution in [3.63, 3.8) is 0 Å². The maximum atomic E-state index is 13.6. The van der Waals surface area contributed by atoms with E-state index in [4.69, 9.17) is 18.6 Å². The highest BCUT2D eigenvalue weighted by Gasteiger charge is 2.23. The Labute approximate surface area is 227 Å². The van der Waals surface area contributed by atoms with Gasteiger partial charge in [0.2, 0.25) is 18.6 Å². The molecule has 2 heterocycles. The molecule has 0 bridgehead atoms. The highest BCUT2D eigenvalue weighted by Crippen LogP contribution is 2.33. The zero-order valence-electron chi connectivity index (χ0n) is 23.1. The number of benzene rings is 1. The molecule has 1 aliphatic heterocycles. The van der Waals surface area contributed by atoms with Crippen LogP contribution in [0.5, 0.6) is 11.5 Å². The second-order valence-corrected chi connectivity index (χ2v) is 9.75. The summed E-state index contributed by atoms with van der Waals surface area (Å²) in [6.45, 7) is 6.79. The Balaban J connectivity index is 1.62. The molecule has 0 N–H and O–H groups in total. The lowest BCUT2D eigenvalue weighted by Gasteiger charge is -2.27. The van der Waals surface area contributed by atoms with Gasteiger partial charge in [-0.3, -0.25) is 9.59 Å². The minimum absolute atomic E-state index is 0.0319. The van der Waals surface area contributed by atoms with Crippen LogP contribution >= 0.6 is 0 Å². The van der Waals surface area contributed by atoms with Crippen LogP contribution in [0.25, 0.3) is 0 Å². The molecule has 1 aromatic carbocycles. The Kier molecular flexibility index (Phi) is 13.0. The van der Waals surface area contributed by atoms with E-state index in [9.17, 15) is 9.59 Å². The summed E-state index contributed by atoms with van der Waals surface area (Å²) in [5.41, 5.74) is 0.923. The minimum atomic E-state index is -0.122. The second kappa shape index (κ2) is 16.8. The van der Waals surface area contributed by atoms with Gasteiger partial charge in [0.1, 0.15) is 5.76 Å². The van der Waals surface area contributed by atoms with E-state index in [1.54, 1.807) is 16.1 Å². The first-order valence-corrected chi connectivity index (χ1v) is 14.1. The van der Waals surface area contributed by atoms with E-state index in [0.717, 1.165) is 24.8 Å². The molecule has 8 nitrogen and oxygen atoms in total. The van der Waals surface area contributed by atoms with E-state index in [-0.39, 0.29) is 25.2 Å². The van der Waals surface area contributed by atoms with Gasteiger partial charge in [-0.25, -0.2) is 0 Å². The maximum absolute atomic E-state index is 13.6. The molecule has 1 aromatic heterocycles. The average Bonchev–Trinajstić information content (AvgIpc) is 3.61. The summed E-state index contributed by atoms with van der Waals surface area (Å²) in [6, 6.07) is 9.35. The fraction of sp³-hybridized carbons (Fsp3) is 0.600. The third kappa shape index (κ3) is 10.0. The predicted octanol–water partition coefficient (Wildman–Crippen LogP) is 5.93. The molecular weight excluding hydrogens is 484 g/mol. The van der Waals surface area contributed by atoms with Crippen molar-refractivity contribution in [2.24, 2.45) is 0 Å². The van der Waals surface area contributed by atoms with E-state index in [2.05, 4.69) is 6.92 Å². The maximum Gasteiger partial charge on any atom is 0.242 e. The third-order valence-electron chi connectivity index (χ3n) is 6.68. The van der Waals surface area contributed by atoms with Crippen LogP contribution in [-0.4, -0.2) is 54.7 Å². The Morgan fingerprint density at radius 3 is 2.42 bits per heavy atom. The summed E-state index contributed by atoms with van der Waals surface area (Å²) in [5.74, 6) is 1.98. The number of carbonyl (C=O) groups is 2. The number of fused-ring (bicyclic) bond motifs is 1. The fourth-order valence-corrected chi connectivity index (χ4v) is 4.53. The van der Waals surface area contributed by atoms with Gasteiger partial charge in [-0.1, -0.05) is 51.5 Å². The summed E-state index contributed by atoms with van der Waals surface area (Å²) in [6.07, 6.45) is 10.8. The fourth-order valence-electron chi connectivity index (χ4n) is 4.53. The van der Waals surface area contributed by atoms with E-state index < -0.39 is 0 Å². The van der Waals surface area contributed by atoms with Crippen LogP contribution in [0.3, 0.4) is 0 Å². The van der Waals surface area contributed by atoms with Crippen molar-refractivity contribution >= 4 is 11.8 Å². The molecule has 0 saturated heterocycles. The van der Waals surface area contributed by atoms with Gasteiger partial charge in [-0.15, -0.1) is 0 Å². The van der Waals surface area contributed by atoms with E-state index in [1.165, 1.54) is 25.7 Å². The largest absolute Gasteiger partial charge is 0.467 e. The van der Waals surface area contributed by atoms with Crippen molar-refractivity contribution in [3.8, 4) is 11.5 Å². The Hall–Kier alpha value is -3.00. The van der Waals surface area contributed by atoms with Crippen molar-refractivity contribution in [3.05, 3.63) is 47.9 Å². The number of hydrogen-bond donors (Lipinski definition) is 0. The molecule has 0 fully saturated rings. The summed E-state index contributed by atoms with van der Waals surface area (Å²) >= 11 is 0. The van der Waals surface area contributed by atoms with E-state index in [0.29, 0.717) is 62.9 Å². The lowest BCUT2D eigenvalue weighted by molar-refractivity contribution is -0.141. The van der Waals surface area contributed by atoms with Gasteiger partial charge in [0, 0.05) is 32.7 Å². The van der Waals surface area contributed by atoms with Crippen LogP contribution in [0.15, 0.2) is 41.0 Å². The van der Waals surface area contributed by atoms with Gasteiger partial charge >= 0.3 is 0 Å². The molecule has 3 rings (SSSR count). The average molecular weight is 529 g/mol. The van der Waals surface area contributed by atoms with Crippen LogP contribution in [0.4, 0.5) is 0 Å². The number of carbonyl (C=O) groups excluding carboxylic acids is 2. The molecule has 8 heteroatoms. The second-order valence-electron chi connectivity index (χ2n) is 9.75. The van der Waals surface area contributed by atoms with Crippen LogP contribution in [-0.2, 0) is 27.4 Å². The number of rotatable bonds is 19. The van der Waals surface area contributed by atoms with Crippen molar-refractivity contribution in [2.75, 3.05) is 33.1 Å². The lowest BCUT2D eigenvalue weighted by atomic mass is 10.1. The normalized spacial score (nSPS) is 12.1. The SMILES string of the molecule is CCCCCCCCCC(=O)N(CCCOCC)CC(=O)N(Cc1ccc2c(c1)OCO2)Cc1ccco1. The van der Waals surface area contributed by atoms with Crippen LogP contribution in [0, 0.1) is 0 Å². The number of amides is 2. The van der Waals surface area contributed by atoms with Gasteiger partial charge in [-0.05, 0) is 49.6 Å². The number of hydrogen-bond acceptors (Lipinski definition) is 6. The number of ether oxygens (including phenoxy) is 3. The molecule has 1 aliphatic rings. The molecule has 0 aliphatic carbocycles. The van der Waals surface area contributed by atoms with E-state index >= 15 is 0 Å². The van der Waals surface area contributed by atoms with Crippen LogP contribution in [0.2, 0.25) is 0 Å². The molecule has 2 aromatic rings. The van der Waals surface area contributed by atoms with Gasteiger partial charge in [0.25, 0.3) is 0 Å². The molecule has 0 atom stereocenters. The molecule has 0 radical (unpaired) electrons. The first kappa shape index (κ1) is 29.6. The standard InChI is InChI=1S/C30H44N2O6/c1-3-5-6-7-8-9-10-14-29(33)31(17-12-18-35-4-2)23-30(34)32(22-26-13-11-19-36-26)21-25-15-16-27-28(20-25)38-24-37-27/h11,13,15-16,19-20H,3-10,12,14,17-18,21-24H2,1-2H3. The van der Waals surface area contributed by atoms with Gasteiger partial charge < -0.3 is 28.4 Å². The summed E-state index contributed by atoms with van der Waals surface area (Å²) < 4.78 is 21.9. The Bertz CT molecular complexity index is 962. The van der Waals surface area contributed by atoms with Gasteiger partial charge in [0.05, 0.1) is 19.4 Å². The Morgan fingerprint density at radius 2 is 1.66 bits per heavy atom. The van der Waals surface area contributed by atoms with Crippen molar-refractivity contribution < 1.29 is 28.2 Å². The summed E-state index contributed by atoms with van der Waals surface area (Å²) in [5, 5.41) is 0. The minimum Gasteiger partial charge on any atom is -0.467 e. The first-order chi connectivity index (χ1) is 18.6. The molecule has 38 heavy (non-hydrogen) atoms. The number of furan rings is 1. The first-order valence-electron chi connectivity index (χ1n) is 14.1. The Morgan fingerprint density at radius 1 is 0.868 bits per heavy atom. The summed E-state index contributed by atoms with van der Waals surface area (Å²) in [7, 11) is 0. The molecule has 0 unspecified atom stereocenters. The summed E-state index contributed by atoms with van der Waals surface area (Å²) in [4.78, 5) is 30.2. The molecule has 0 saturated carbocycles. The van der Waals surface area contributed by atoms with Crippen LogP contribution < -0.4 is 9.47 Å². The van der Waals surface area contributed by atoms with Gasteiger partial charge in [-0.2, -0.15) is 0 Å². The zero-order valence-corrected chi connectivity index (χ0v) is 23.1. The molecule has 210 valence electrons. The monoisotopic (exact) mass is 528 g/mol. The van der Waals surface area contributed by atoms with E-state index in [1.807, 2.05) is 37.3 Å². The predicted molar refractivity (Wildman–Crippen MR) is 146 cm³/mol. The molecule has 0 spiro atoms. The topological polar surface area (TPSA) is 81.5 Å². The van der Waals surface area contributed by atoms with Crippen molar-refractivity contribution in [1.29, 1.82) is 0 Å². The lowest BCUT2D eigenvalue weighted by Crippen LogP contribution is -2.43. The van der Waals surface area contributed by atoms with Crippen molar-refractivity contribution in [2.45, 2.75) is 84.7 Å². The highest BCUT2D eigenvalue weighted by molar-refractivity contribution is 5.84.